The lowest BCUT2D eigenvalue weighted by atomic mass is 10.2. The van der Waals surface area contributed by atoms with E-state index in [0.717, 1.165) is 38.4 Å². The number of hydrogen-bond acceptors (Lipinski definition) is 4. The summed E-state index contributed by atoms with van der Waals surface area (Å²) in [6.07, 6.45) is 0. The van der Waals surface area contributed by atoms with Gasteiger partial charge in [0.05, 0.1) is 17.3 Å². The summed E-state index contributed by atoms with van der Waals surface area (Å²) in [5, 5.41) is 6.65. The van der Waals surface area contributed by atoms with Crippen LogP contribution in [-0.4, -0.2) is 56.6 Å². The molecular weight excluding hydrogens is 348 g/mol. The van der Waals surface area contributed by atoms with Crippen molar-refractivity contribution in [2.24, 2.45) is 0 Å². The SMILES string of the molecule is O=C(CNc1ccccc1Cl)NCCN1CCN(c2ccccc2)CC1. The molecular formula is C20H25ClN4O. The van der Waals surface area contributed by atoms with Gasteiger partial charge in [0, 0.05) is 45.0 Å². The van der Waals surface area contributed by atoms with Crippen LogP contribution in [0.5, 0.6) is 0 Å². The second-order valence-electron chi connectivity index (χ2n) is 6.35. The van der Waals surface area contributed by atoms with E-state index >= 15 is 0 Å². The van der Waals surface area contributed by atoms with Gasteiger partial charge in [-0.3, -0.25) is 9.69 Å². The summed E-state index contributed by atoms with van der Waals surface area (Å²) in [4.78, 5) is 16.8. The number of piperazine rings is 1. The normalized spacial score (nSPS) is 14.9. The number of para-hydroxylation sites is 2. The van der Waals surface area contributed by atoms with Gasteiger partial charge < -0.3 is 15.5 Å². The van der Waals surface area contributed by atoms with Gasteiger partial charge in [-0.1, -0.05) is 41.9 Å². The molecule has 0 unspecified atom stereocenters. The number of rotatable bonds is 7. The van der Waals surface area contributed by atoms with E-state index in [0.29, 0.717) is 11.6 Å². The molecule has 6 heteroatoms. The molecule has 138 valence electrons. The van der Waals surface area contributed by atoms with Gasteiger partial charge in [-0.05, 0) is 24.3 Å². The van der Waals surface area contributed by atoms with Crippen molar-refractivity contribution < 1.29 is 4.79 Å². The summed E-state index contributed by atoms with van der Waals surface area (Å²) in [5.74, 6) is -0.0205. The Morgan fingerprint density at radius 3 is 2.38 bits per heavy atom. The summed E-state index contributed by atoms with van der Waals surface area (Å²) in [6.45, 7) is 5.84. The van der Waals surface area contributed by atoms with Gasteiger partial charge in [0.2, 0.25) is 5.91 Å². The zero-order valence-corrected chi connectivity index (χ0v) is 15.6. The Kier molecular flexibility index (Phi) is 6.75. The number of carbonyl (C=O) groups is 1. The standard InChI is InChI=1S/C20H25ClN4O/c21-18-8-4-5-9-19(18)23-16-20(26)22-10-11-24-12-14-25(15-13-24)17-6-2-1-3-7-17/h1-9,23H,10-16H2,(H,22,26). The molecule has 0 aromatic heterocycles. The van der Waals surface area contributed by atoms with E-state index in [2.05, 4.69) is 44.7 Å². The first kappa shape index (κ1) is 18.5. The van der Waals surface area contributed by atoms with Gasteiger partial charge in [0.1, 0.15) is 0 Å². The van der Waals surface area contributed by atoms with Crippen LogP contribution in [0.15, 0.2) is 54.6 Å². The first-order chi connectivity index (χ1) is 12.7. The van der Waals surface area contributed by atoms with Crippen LogP contribution in [-0.2, 0) is 4.79 Å². The van der Waals surface area contributed by atoms with Gasteiger partial charge >= 0.3 is 0 Å². The average molecular weight is 373 g/mol. The molecule has 3 rings (SSSR count). The Balaban J connectivity index is 1.32. The van der Waals surface area contributed by atoms with Crippen molar-refractivity contribution >= 4 is 28.9 Å². The molecule has 0 atom stereocenters. The van der Waals surface area contributed by atoms with Crippen LogP contribution in [0.1, 0.15) is 0 Å². The van der Waals surface area contributed by atoms with E-state index in [-0.39, 0.29) is 12.5 Å². The van der Waals surface area contributed by atoms with Crippen molar-refractivity contribution in [3.8, 4) is 0 Å². The van der Waals surface area contributed by atoms with Crippen LogP contribution < -0.4 is 15.5 Å². The van der Waals surface area contributed by atoms with E-state index in [4.69, 9.17) is 11.6 Å². The Morgan fingerprint density at radius 1 is 0.962 bits per heavy atom. The molecule has 2 aromatic carbocycles. The zero-order valence-electron chi connectivity index (χ0n) is 14.8. The number of carbonyl (C=O) groups excluding carboxylic acids is 1. The summed E-state index contributed by atoms with van der Waals surface area (Å²) >= 11 is 6.06. The molecule has 5 nitrogen and oxygen atoms in total. The fourth-order valence-electron chi connectivity index (χ4n) is 3.06. The monoisotopic (exact) mass is 372 g/mol. The van der Waals surface area contributed by atoms with Crippen LogP contribution in [0, 0.1) is 0 Å². The van der Waals surface area contributed by atoms with Gasteiger partial charge in [-0.15, -0.1) is 0 Å². The summed E-state index contributed by atoms with van der Waals surface area (Å²) in [6, 6.07) is 17.9. The van der Waals surface area contributed by atoms with Crippen LogP contribution in [0.3, 0.4) is 0 Å². The van der Waals surface area contributed by atoms with Gasteiger partial charge in [0.25, 0.3) is 0 Å². The topological polar surface area (TPSA) is 47.6 Å². The highest BCUT2D eigenvalue weighted by Gasteiger charge is 2.16. The van der Waals surface area contributed by atoms with Crippen molar-refractivity contribution in [3.05, 3.63) is 59.6 Å². The number of anilines is 2. The predicted octanol–water partition coefficient (Wildman–Crippen LogP) is 2.69. The Bertz CT molecular complexity index is 702. The third kappa shape index (κ3) is 5.38. The van der Waals surface area contributed by atoms with Gasteiger partial charge in [-0.25, -0.2) is 0 Å². The average Bonchev–Trinajstić information content (AvgIpc) is 2.69. The van der Waals surface area contributed by atoms with Crippen LogP contribution in [0.25, 0.3) is 0 Å². The lowest BCUT2D eigenvalue weighted by Crippen LogP contribution is -2.48. The molecule has 1 amide bonds. The van der Waals surface area contributed by atoms with Gasteiger partial charge in [0.15, 0.2) is 0 Å². The molecule has 1 aliphatic heterocycles. The van der Waals surface area contributed by atoms with Crippen molar-refractivity contribution in [1.82, 2.24) is 10.2 Å². The minimum atomic E-state index is -0.0205. The van der Waals surface area contributed by atoms with Crippen LogP contribution in [0.4, 0.5) is 11.4 Å². The van der Waals surface area contributed by atoms with Crippen molar-refractivity contribution in [1.29, 1.82) is 0 Å². The van der Waals surface area contributed by atoms with Crippen LogP contribution in [0.2, 0.25) is 5.02 Å². The molecule has 1 aliphatic rings. The fraction of sp³-hybridized carbons (Fsp3) is 0.350. The van der Waals surface area contributed by atoms with Crippen molar-refractivity contribution in [2.45, 2.75) is 0 Å². The molecule has 1 fully saturated rings. The molecule has 2 aromatic rings. The maximum Gasteiger partial charge on any atom is 0.239 e. The Labute approximate surface area is 159 Å². The minimum Gasteiger partial charge on any atom is -0.375 e. The fourth-order valence-corrected chi connectivity index (χ4v) is 3.27. The molecule has 0 spiro atoms. The Hall–Kier alpha value is -2.24. The maximum atomic E-state index is 12.0. The van der Waals surface area contributed by atoms with E-state index in [1.165, 1.54) is 5.69 Å². The number of amides is 1. The first-order valence-electron chi connectivity index (χ1n) is 9.00. The number of benzene rings is 2. The smallest absolute Gasteiger partial charge is 0.239 e. The third-order valence-corrected chi connectivity index (χ3v) is 4.89. The highest BCUT2D eigenvalue weighted by atomic mass is 35.5. The maximum absolute atomic E-state index is 12.0. The molecule has 1 saturated heterocycles. The quantitative estimate of drug-likeness (QED) is 0.784. The van der Waals surface area contributed by atoms with Gasteiger partial charge in [-0.2, -0.15) is 0 Å². The molecule has 2 N–H and O–H groups in total. The molecule has 0 aliphatic carbocycles. The number of hydrogen-bond donors (Lipinski definition) is 2. The minimum absolute atomic E-state index is 0.0205. The highest BCUT2D eigenvalue weighted by Crippen LogP contribution is 2.19. The molecule has 0 radical (unpaired) electrons. The molecule has 26 heavy (non-hydrogen) atoms. The predicted molar refractivity (Wildman–Crippen MR) is 108 cm³/mol. The third-order valence-electron chi connectivity index (χ3n) is 4.56. The second kappa shape index (κ2) is 9.46. The highest BCUT2D eigenvalue weighted by molar-refractivity contribution is 6.33. The molecule has 0 bridgehead atoms. The lowest BCUT2D eigenvalue weighted by Gasteiger charge is -2.36. The number of nitrogens with zero attached hydrogens (tertiary/aromatic N) is 2. The van der Waals surface area contributed by atoms with Crippen molar-refractivity contribution in [2.75, 3.05) is 56.0 Å². The van der Waals surface area contributed by atoms with E-state index in [9.17, 15) is 4.79 Å². The largest absolute Gasteiger partial charge is 0.375 e. The van der Waals surface area contributed by atoms with E-state index in [1.807, 2.05) is 24.3 Å². The molecule has 0 saturated carbocycles. The van der Waals surface area contributed by atoms with E-state index in [1.54, 1.807) is 6.07 Å². The molecule has 1 heterocycles. The Morgan fingerprint density at radius 2 is 1.65 bits per heavy atom. The number of nitrogens with one attached hydrogen (secondary N) is 2. The summed E-state index contributed by atoms with van der Waals surface area (Å²) in [5.41, 5.74) is 2.06. The summed E-state index contributed by atoms with van der Waals surface area (Å²) in [7, 11) is 0. The van der Waals surface area contributed by atoms with Crippen molar-refractivity contribution in [3.63, 3.8) is 0 Å². The number of halogens is 1. The zero-order chi connectivity index (χ0) is 18.2. The van der Waals surface area contributed by atoms with Crippen LogP contribution >= 0.6 is 11.6 Å². The van der Waals surface area contributed by atoms with E-state index < -0.39 is 0 Å². The first-order valence-corrected chi connectivity index (χ1v) is 9.37. The second-order valence-corrected chi connectivity index (χ2v) is 6.75. The lowest BCUT2D eigenvalue weighted by molar-refractivity contribution is -0.119. The summed E-state index contributed by atoms with van der Waals surface area (Å²) < 4.78 is 0.